The summed E-state index contributed by atoms with van der Waals surface area (Å²) in [5.41, 5.74) is 7.69. The molecule has 0 aliphatic heterocycles. The second kappa shape index (κ2) is 6.97. The van der Waals surface area contributed by atoms with Crippen molar-refractivity contribution in [1.82, 2.24) is 30.4 Å². The topological polar surface area (TPSA) is 88.8 Å². The van der Waals surface area contributed by atoms with Gasteiger partial charge >= 0.3 is 0 Å². The van der Waals surface area contributed by atoms with Crippen LogP contribution in [0.25, 0.3) is 0 Å². The van der Waals surface area contributed by atoms with Crippen molar-refractivity contribution in [3.63, 3.8) is 0 Å². The number of carbonyl (C=O) groups is 1. The Balaban J connectivity index is 1.96. The molecule has 0 aliphatic carbocycles. The smallest absolute Gasteiger partial charge is 0.289 e. The first kappa shape index (κ1) is 17.2. The van der Waals surface area contributed by atoms with Crippen molar-refractivity contribution in [3.05, 3.63) is 28.3 Å². The molecule has 0 spiro atoms. The lowest BCUT2D eigenvalue weighted by atomic mass is 10.3. The van der Waals surface area contributed by atoms with Crippen molar-refractivity contribution in [2.75, 3.05) is 5.32 Å². The van der Waals surface area contributed by atoms with Crippen LogP contribution in [-0.2, 0) is 13.6 Å². The number of halogens is 1. The van der Waals surface area contributed by atoms with Crippen molar-refractivity contribution in [1.29, 1.82) is 0 Å². The Labute approximate surface area is 144 Å². The van der Waals surface area contributed by atoms with Gasteiger partial charge in [-0.3, -0.25) is 25.0 Å². The molecule has 10 heteroatoms. The summed E-state index contributed by atoms with van der Waals surface area (Å²) in [5.74, 6) is -0.428. The number of nitrogens with one attached hydrogen (secondary N) is 3. The van der Waals surface area contributed by atoms with Gasteiger partial charge in [0.1, 0.15) is 5.69 Å². The molecule has 0 aliphatic rings. The molecule has 2 rings (SSSR count). The third-order valence-electron chi connectivity index (χ3n) is 3.30. The summed E-state index contributed by atoms with van der Waals surface area (Å²) in [6, 6.07) is 0. The van der Waals surface area contributed by atoms with Gasteiger partial charge < -0.3 is 5.32 Å². The summed E-state index contributed by atoms with van der Waals surface area (Å²) in [7, 11) is 1.65. The van der Waals surface area contributed by atoms with Crippen LogP contribution in [0.4, 0.5) is 5.69 Å². The number of nitrogens with zero attached hydrogens (tertiary/aromatic N) is 4. The van der Waals surface area contributed by atoms with E-state index in [1.165, 1.54) is 4.68 Å². The highest BCUT2D eigenvalue weighted by atomic mass is 35.5. The summed E-state index contributed by atoms with van der Waals surface area (Å²) in [6.45, 7) is 6.42. The quantitative estimate of drug-likeness (QED) is 0.571. The van der Waals surface area contributed by atoms with Crippen molar-refractivity contribution >= 4 is 40.5 Å². The molecule has 2 aromatic heterocycles. The number of hydrogen-bond donors (Lipinski definition) is 3. The van der Waals surface area contributed by atoms with Crippen LogP contribution in [0, 0.1) is 13.8 Å². The van der Waals surface area contributed by atoms with Gasteiger partial charge in [0.2, 0.25) is 0 Å². The Kier molecular flexibility index (Phi) is 5.22. The van der Waals surface area contributed by atoms with Gasteiger partial charge in [0.05, 0.1) is 28.3 Å². The summed E-state index contributed by atoms with van der Waals surface area (Å²) < 4.78 is 3.25. The highest BCUT2D eigenvalue weighted by molar-refractivity contribution is 7.80. The van der Waals surface area contributed by atoms with Crippen LogP contribution >= 0.6 is 23.8 Å². The SMILES string of the molecule is CCn1ncc(NC(=S)NNC(=O)c2c(Cl)c(C)nn2C)c1C. The maximum absolute atomic E-state index is 12.2. The van der Waals surface area contributed by atoms with E-state index in [-0.39, 0.29) is 10.8 Å². The molecule has 3 N–H and O–H groups in total. The molecule has 0 fully saturated rings. The maximum Gasteiger partial charge on any atom is 0.289 e. The van der Waals surface area contributed by atoms with Gasteiger partial charge in [-0.25, -0.2) is 0 Å². The van der Waals surface area contributed by atoms with Crippen molar-refractivity contribution < 1.29 is 4.79 Å². The minimum Gasteiger partial charge on any atom is -0.329 e. The van der Waals surface area contributed by atoms with Gasteiger partial charge in [-0.05, 0) is 33.0 Å². The highest BCUT2D eigenvalue weighted by Crippen LogP contribution is 2.18. The average molecular weight is 356 g/mol. The van der Waals surface area contributed by atoms with Crippen molar-refractivity contribution in [2.45, 2.75) is 27.3 Å². The molecular formula is C13H18ClN7OS. The fourth-order valence-electron chi connectivity index (χ4n) is 2.09. The monoisotopic (exact) mass is 355 g/mol. The molecule has 2 aromatic rings. The van der Waals surface area contributed by atoms with E-state index in [4.69, 9.17) is 23.8 Å². The van der Waals surface area contributed by atoms with Gasteiger partial charge in [0, 0.05) is 13.6 Å². The van der Waals surface area contributed by atoms with E-state index in [0.717, 1.165) is 17.9 Å². The van der Waals surface area contributed by atoms with Crippen LogP contribution in [0.1, 0.15) is 28.8 Å². The third kappa shape index (κ3) is 3.62. The number of rotatable bonds is 3. The summed E-state index contributed by atoms with van der Waals surface area (Å²) in [5, 5.41) is 11.8. The second-order valence-corrected chi connectivity index (χ2v) is 5.65. The Morgan fingerprint density at radius 2 is 2.09 bits per heavy atom. The van der Waals surface area contributed by atoms with Crippen LogP contribution in [-0.4, -0.2) is 30.6 Å². The second-order valence-electron chi connectivity index (χ2n) is 4.86. The van der Waals surface area contributed by atoms with E-state index in [2.05, 4.69) is 26.4 Å². The average Bonchev–Trinajstić information content (AvgIpc) is 2.97. The number of thiocarbonyl (C=S) groups is 1. The molecule has 23 heavy (non-hydrogen) atoms. The molecular weight excluding hydrogens is 338 g/mol. The largest absolute Gasteiger partial charge is 0.329 e. The van der Waals surface area contributed by atoms with E-state index >= 15 is 0 Å². The molecule has 0 saturated heterocycles. The maximum atomic E-state index is 12.2. The van der Waals surface area contributed by atoms with Crippen LogP contribution in [0.15, 0.2) is 6.20 Å². The number of aryl methyl sites for hydroxylation is 3. The first-order valence-electron chi connectivity index (χ1n) is 6.94. The minimum absolute atomic E-state index is 0.243. The number of anilines is 1. The van der Waals surface area contributed by atoms with Crippen LogP contribution in [0.3, 0.4) is 0 Å². The van der Waals surface area contributed by atoms with Gasteiger partial charge in [0.25, 0.3) is 5.91 Å². The fourth-order valence-corrected chi connectivity index (χ4v) is 2.50. The van der Waals surface area contributed by atoms with E-state index in [9.17, 15) is 4.79 Å². The predicted molar refractivity (Wildman–Crippen MR) is 92.4 cm³/mol. The lowest BCUT2D eigenvalue weighted by Gasteiger charge is -2.11. The first-order chi connectivity index (χ1) is 10.8. The minimum atomic E-state index is -0.428. The van der Waals surface area contributed by atoms with Crippen LogP contribution in [0.5, 0.6) is 0 Å². The number of carbonyl (C=O) groups excluding carboxylic acids is 1. The summed E-state index contributed by atoms with van der Waals surface area (Å²) in [6.07, 6.45) is 1.68. The lowest BCUT2D eigenvalue weighted by Crippen LogP contribution is -2.44. The van der Waals surface area contributed by atoms with E-state index in [1.54, 1.807) is 20.2 Å². The number of hydrazine groups is 1. The van der Waals surface area contributed by atoms with E-state index in [0.29, 0.717) is 10.7 Å². The normalized spacial score (nSPS) is 10.5. The Hall–Kier alpha value is -2.13. The van der Waals surface area contributed by atoms with Gasteiger partial charge in [-0.1, -0.05) is 11.6 Å². The standard InChI is InChI=1S/C13H18ClN7OS/c1-5-21-8(3)9(6-15-21)16-13(23)18-17-12(22)11-10(14)7(2)19-20(11)4/h6H,5H2,1-4H3,(H,17,22)(H2,16,18,23). The molecule has 1 amide bonds. The van der Waals surface area contributed by atoms with E-state index in [1.807, 2.05) is 18.5 Å². The summed E-state index contributed by atoms with van der Waals surface area (Å²) in [4.78, 5) is 12.2. The zero-order valence-corrected chi connectivity index (χ0v) is 14.8. The summed E-state index contributed by atoms with van der Waals surface area (Å²) >= 11 is 11.2. The van der Waals surface area contributed by atoms with Gasteiger partial charge in [0.15, 0.2) is 5.11 Å². The molecule has 8 nitrogen and oxygen atoms in total. The predicted octanol–water partition coefficient (Wildman–Crippen LogP) is 1.54. The number of aromatic nitrogens is 4. The van der Waals surface area contributed by atoms with E-state index < -0.39 is 5.91 Å². The molecule has 0 atom stereocenters. The molecule has 0 bridgehead atoms. The van der Waals surface area contributed by atoms with Crippen LogP contribution in [0.2, 0.25) is 5.02 Å². The highest BCUT2D eigenvalue weighted by Gasteiger charge is 2.18. The molecule has 2 heterocycles. The number of hydrogen-bond acceptors (Lipinski definition) is 4. The van der Waals surface area contributed by atoms with Crippen molar-refractivity contribution in [3.8, 4) is 0 Å². The lowest BCUT2D eigenvalue weighted by molar-refractivity contribution is 0.0935. The van der Waals surface area contributed by atoms with Gasteiger partial charge in [-0.15, -0.1) is 0 Å². The first-order valence-corrected chi connectivity index (χ1v) is 7.72. The Morgan fingerprint density at radius 1 is 1.39 bits per heavy atom. The fraction of sp³-hybridized carbons (Fsp3) is 0.385. The Bertz CT molecular complexity index is 752. The zero-order valence-electron chi connectivity index (χ0n) is 13.3. The third-order valence-corrected chi connectivity index (χ3v) is 3.96. The van der Waals surface area contributed by atoms with Crippen molar-refractivity contribution in [2.24, 2.45) is 7.05 Å². The molecule has 0 radical (unpaired) electrons. The Morgan fingerprint density at radius 3 is 2.61 bits per heavy atom. The zero-order chi connectivity index (χ0) is 17.1. The van der Waals surface area contributed by atoms with Gasteiger partial charge in [-0.2, -0.15) is 10.2 Å². The van der Waals surface area contributed by atoms with Crippen LogP contribution < -0.4 is 16.2 Å². The molecule has 0 unspecified atom stereocenters. The molecule has 124 valence electrons. The number of amides is 1. The molecule has 0 aromatic carbocycles. The molecule has 0 saturated carbocycles.